The van der Waals surface area contributed by atoms with E-state index in [1.807, 2.05) is 0 Å². The van der Waals surface area contributed by atoms with Crippen LogP contribution in [0.4, 0.5) is 0 Å². The maximum absolute atomic E-state index is 11.1. The zero-order valence-corrected chi connectivity index (χ0v) is 15.9. The first kappa shape index (κ1) is 22.0. The summed E-state index contributed by atoms with van der Waals surface area (Å²) in [7, 11) is 0. The Kier molecular flexibility index (Phi) is 11.6. The second kappa shape index (κ2) is 13.2. The number of rotatable bonds is 18. The van der Waals surface area contributed by atoms with Crippen LogP contribution in [-0.4, -0.2) is 22.2 Å². The van der Waals surface area contributed by atoms with Gasteiger partial charge in [0.1, 0.15) is 0 Å². The smallest absolute Gasteiger partial charge is 0.309 e. The molecule has 0 heterocycles. The number of hydrogen-bond donors (Lipinski definition) is 2. The van der Waals surface area contributed by atoms with E-state index in [1.165, 1.54) is 70.6 Å². The summed E-state index contributed by atoms with van der Waals surface area (Å²) in [4.78, 5) is 21.4. The van der Waals surface area contributed by atoms with Crippen LogP contribution in [0.5, 0.6) is 0 Å². The first-order valence-electron chi connectivity index (χ1n) is 10.5. The lowest BCUT2D eigenvalue weighted by atomic mass is 9.97. The van der Waals surface area contributed by atoms with E-state index in [0.29, 0.717) is 6.42 Å². The molecule has 2 N–H and O–H groups in total. The van der Waals surface area contributed by atoms with Gasteiger partial charge in [0.15, 0.2) is 0 Å². The highest BCUT2D eigenvalue weighted by atomic mass is 16.4. The van der Waals surface area contributed by atoms with Gasteiger partial charge in [0.2, 0.25) is 0 Å². The van der Waals surface area contributed by atoms with E-state index in [4.69, 9.17) is 10.2 Å². The minimum Gasteiger partial charge on any atom is -0.481 e. The summed E-state index contributed by atoms with van der Waals surface area (Å²) in [6.07, 6.45) is 20.0. The Balaban J connectivity index is 1.71. The monoisotopic (exact) mass is 354 g/mol. The molecule has 1 aliphatic rings. The summed E-state index contributed by atoms with van der Waals surface area (Å²) in [5.41, 5.74) is -0.323. The highest BCUT2D eigenvalue weighted by molar-refractivity contribution is 5.77. The number of carbonyl (C=O) groups is 2. The highest BCUT2D eigenvalue weighted by Crippen LogP contribution is 2.50. The molecule has 0 bridgehead atoms. The molecular weight excluding hydrogens is 316 g/mol. The number of hydrogen-bond acceptors (Lipinski definition) is 2. The first-order chi connectivity index (χ1) is 12.1. The zero-order valence-electron chi connectivity index (χ0n) is 15.9. The van der Waals surface area contributed by atoms with Gasteiger partial charge >= 0.3 is 11.9 Å². The summed E-state index contributed by atoms with van der Waals surface area (Å²) in [5, 5.41) is 17.7. The van der Waals surface area contributed by atoms with Gasteiger partial charge < -0.3 is 10.2 Å². The summed E-state index contributed by atoms with van der Waals surface area (Å²) in [6, 6.07) is 0. The Bertz CT molecular complexity index is 374. The Morgan fingerprint density at radius 2 is 0.960 bits per heavy atom. The van der Waals surface area contributed by atoms with Crippen LogP contribution in [0, 0.1) is 5.41 Å². The maximum atomic E-state index is 11.1. The van der Waals surface area contributed by atoms with Crippen LogP contribution in [0.25, 0.3) is 0 Å². The lowest BCUT2D eigenvalue weighted by Gasteiger charge is -2.08. The molecule has 0 aromatic rings. The fraction of sp³-hybridized carbons (Fsp3) is 0.905. The molecule has 25 heavy (non-hydrogen) atoms. The predicted octanol–water partition coefficient (Wildman–Crippen LogP) is 6.18. The van der Waals surface area contributed by atoms with E-state index in [-0.39, 0.29) is 5.41 Å². The molecule has 4 heteroatoms. The fourth-order valence-corrected chi connectivity index (χ4v) is 3.58. The lowest BCUT2D eigenvalue weighted by molar-refractivity contribution is -0.143. The van der Waals surface area contributed by atoms with Gasteiger partial charge in [0, 0.05) is 6.42 Å². The molecule has 1 rings (SSSR count). The van der Waals surface area contributed by atoms with Crippen LogP contribution < -0.4 is 0 Å². The zero-order chi connectivity index (χ0) is 18.4. The quantitative estimate of drug-likeness (QED) is 0.288. The van der Waals surface area contributed by atoms with Gasteiger partial charge in [-0.15, -0.1) is 0 Å². The van der Waals surface area contributed by atoms with Crippen molar-refractivity contribution in [2.45, 2.75) is 116 Å². The van der Waals surface area contributed by atoms with Gasteiger partial charge in [-0.25, -0.2) is 0 Å². The van der Waals surface area contributed by atoms with E-state index in [2.05, 4.69) is 0 Å². The highest BCUT2D eigenvalue weighted by Gasteiger charge is 2.49. The van der Waals surface area contributed by atoms with Gasteiger partial charge in [-0.05, 0) is 25.7 Å². The van der Waals surface area contributed by atoms with Crippen molar-refractivity contribution in [3.8, 4) is 0 Å². The van der Waals surface area contributed by atoms with Gasteiger partial charge in [0.25, 0.3) is 0 Å². The van der Waals surface area contributed by atoms with Crippen molar-refractivity contribution in [3.05, 3.63) is 0 Å². The average molecular weight is 355 g/mol. The van der Waals surface area contributed by atoms with E-state index in [0.717, 1.165) is 38.5 Å². The molecule has 1 fully saturated rings. The fourth-order valence-electron chi connectivity index (χ4n) is 3.58. The number of aliphatic carboxylic acids is 2. The third kappa shape index (κ3) is 11.2. The van der Waals surface area contributed by atoms with Gasteiger partial charge in [-0.1, -0.05) is 83.5 Å². The summed E-state index contributed by atoms with van der Waals surface area (Å²) < 4.78 is 0. The largest absolute Gasteiger partial charge is 0.481 e. The third-order valence-corrected chi connectivity index (χ3v) is 5.60. The molecular formula is C21H38O4. The van der Waals surface area contributed by atoms with Crippen LogP contribution in [0.1, 0.15) is 116 Å². The first-order valence-corrected chi connectivity index (χ1v) is 10.5. The van der Waals surface area contributed by atoms with Crippen LogP contribution in [0.3, 0.4) is 0 Å². The van der Waals surface area contributed by atoms with E-state index < -0.39 is 11.9 Å². The van der Waals surface area contributed by atoms with Crippen molar-refractivity contribution < 1.29 is 19.8 Å². The van der Waals surface area contributed by atoms with Crippen molar-refractivity contribution in [1.82, 2.24) is 0 Å². The average Bonchev–Trinajstić information content (AvgIpc) is 3.35. The van der Waals surface area contributed by atoms with E-state index >= 15 is 0 Å². The van der Waals surface area contributed by atoms with Crippen LogP contribution in [0.2, 0.25) is 0 Å². The molecule has 0 unspecified atom stereocenters. The summed E-state index contributed by atoms with van der Waals surface area (Å²) in [6.45, 7) is 0. The topological polar surface area (TPSA) is 74.6 Å². The lowest BCUT2D eigenvalue weighted by Crippen LogP contribution is -2.14. The van der Waals surface area contributed by atoms with E-state index in [9.17, 15) is 9.59 Å². The standard InChI is InChI=1S/C21H38O4/c22-19(23)15-13-11-9-7-5-3-1-2-4-6-8-10-12-14-16-21(17-18-21)20(24)25/h1-18H2,(H,22,23)(H,24,25). The van der Waals surface area contributed by atoms with Crippen LogP contribution >= 0.6 is 0 Å². The molecule has 0 amide bonds. The Morgan fingerprint density at radius 3 is 1.28 bits per heavy atom. The molecule has 0 aromatic carbocycles. The third-order valence-electron chi connectivity index (χ3n) is 5.60. The Hall–Kier alpha value is -1.06. The molecule has 0 aromatic heterocycles. The van der Waals surface area contributed by atoms with Gasteiger partial charge in [-0.2, -0.15) is 0 Å². The number of unbranched alkanes of at least 4 members (excludes halogenated alkanes) is 13. The molecule has 1 aliphatic carbocycles. The molecule has 0 radical (unpaired) electrons. The summed E-state index contributed by atoms with van der Waals surface area (Å²) in [5.74, 6) is -1.25. The molecule has 0 saturated heterocycles. The molecule has 146 valence electrons. The Morgan fingerprint density at radius 1 is 0.600 bits per heavy atom. The second-order valence-electron chi connectivity index (χ2n) is 7.93. The number of carboxylic acids is 2. The van der Waals surface area contributed by atoms with E-state index in [1.54, 1.807) is 0 Å². The molecule has 0 spiro atoms. The van der Waals surface area contributed by atoms with Crippen molar-refractivity contribution in [2.24, 2.45) is 5.41 Å². The van der Waals surface area contributed by atoms with Gasteiger partial charge in [0.05, 0.1) is 5.41 Å². The molecule has 0 atom stereocenters. The molecule has 0 aliphatic heterocycles. The van der Waals surface area contributed by atoms with Crippen molar-refractivity contribution >= 4 is 11.9 Å². The predicted molar refractivity (Wildman–Crippen MR) is 101 cm³/mol. The normalized spacial score (nSPS) is 15.2. The van der Waals surface area contributed by atoms with Crippen molar-refractivity contribution in [3.63, 3.8) is 0 Å². The van der Waals surface area contributed by atoms with Crippen molar-refractivity contribution in [1.29, 1.82) is 0 Å². The molecule has 4 nitrogen and oxygen atoms in total. The van der Waals surface area contributed by atoms with Crippen molar-refractivity contribution in [2.75, 3.05) is 0 Å². The second-order valence-corrected chi connectivity index (χ2v) is 7.93. The maximum Gasteiger partial charge on any atom is 0.309 e. The Labute approximate surface area is 153 Å². The van der Waals surface area contributed by atoms with Gasteiger partial charge in [-0.3, -0.25) is 9.59 Å². The minimum absolute atomic E-state index is 0.320. The van der Waals surface area contributed by atoms with Crippen LogP contribution in [-0.2, 0) is 9.59 Å². The summed E-state index contributed by atoms with van der Waals surface area (Å²) >= 11 is 0. The minimum atomic E-state index is -0.674. The number of carboxylic acid groups (broad SMARTS) is 2. The SMILES string of the molecule is O=C(O)CCCCCCCCCCCCCCCCC1(C(=O)O)CC1. The van der Waals surface area contributed by atoms with Crippen LogP contribution in [0.15, 0.2) is 0 Å². The molecule has 1 saturated carbocycles.